The Bertz CT molecular complexity index is 496. The molecule has 1 N–H and O–H groups in total. The van der Waals surface area contributed by atoms with Crippen molar-refractivity contribution in [2.24, 2.45) is 0 Å². The highest BCUT2D eigenvalue weighted by Gasteiger charge is 2.14. The quantitative estimate of drug-likeness (QED) is 0.767. The summed E-state index contributed by atoms with van der Waals surface area (Å²) in [5.74, 6) is 0.943. The van der Waals surface area contributed by atoms with Crippen molar-refractivity contribution in [1.29, 1.82) is 0 Å². The number of benzene rings is 1. The Morgan fingerprint density at radius 3 is 2.56 bits per heavy atom. The van der Waals surface area contributed by atoms with Gasteiger partial charge in [-0.1, -0.05) is 23.3 Å². The minimum absolute atomic E-state index is 0.139. The van der Waals surface area contributed by atoms with Crippen molar-refractivity contribution >= 4 is 5.69 Å². The first kappa shape index (κ1) is 12.5. The molecule has 0 fully saturated rings. The van der Waals surface area contributed by atoms with Gasteiger partial charge in [0.2, 0.25) is 0 Å². The Labute approximate surface area is 108 Å². The SMILES string of the molecule is C=C(C)C[C@H](Nc1ccc(C)cc1)c1ccco1. The predicted molar refractivity (Wildman–Crippen MR) is 75.7 cm³/mol. The smallest absolute Gasteiger partial charge is 0.126 e. The third-order valence-electron chi connectivity index (χ3n) is 2.83. The highest BCUT2D eigenvalue weighted by Crippen LogP contribution is 2.25. The largest absolute Gasteiger partial charge is 0.467 e. The first-order valence-electron chi connectivity index (χ1n) is 6.16. The maximum absolute atomic E-state index is 5.49. The van der Waals surface area contributed by atoms with Gasteiger partial charge in [-0.25, -0.2) is 0 Å². The maximum atomic E-state index is 5.49. The zero-order valence-corrected chi connectivity index (χ0v) is 10.9. The second-order valence-corrected chi connectivity index (χ2v) is 4.74. The van der Waals surface area contributed by atoms with Gasteiger partial charge < -0.3 is 9.73 Å². The molecule has 2 rings (SSSR count). The van der Waals surface area contributed by atoms with Crippen molar-refractivity contribution in [1.82, 2.24) is 0 Å². The van der Waals surface area contributed by atoms with Crippen LogP contribution in [0.4, 0.5) is 5.69 Å². The standard InChI is InChI=1S/C16H19NO/c1-12(2)11-15(16-5-4-10-18-16)17-14-8-6-13(3)7-9-14/h4-10,15,17H,1,11H2,2-3H3/t15-/m0/s1. The lowest BCUT2D eigenvalue weighted by molar-refractivity contribution is 0.477. The van der Waals surface area contributed by atoms with Crippen LogP contribution in [0, 0.1) is 6.92 Å². The van der Waals surface area contributed by atoms with Gasteiger partial charge in [0.15, 0.2) is 0 Å². The summed E-state index contributed by atoms with van der Waals surface area (Å²) in [6, 6.07) is 12.4. The van der Waals surface area contributed by atoms with Crippen LogP contribution >= 0.6 is 0 Å². The van der Waals surface area contributed by atoms with E-state index in [1.165, 1.54) is 5.56 Å². The fraction of sp³-hybridized carbons (Fsp3) is 0.250. The number of anilines is 1. The van der Waals surface area contributed by atoms with Crippen molar-refractivity contribution in [2.75, 3.05) is 5.32 Å². The number of hydrogen-bond acceptors (Lipinski definition) is 2. The zero-order chi connectivity index (χ0) is 13.0. The summed E-state index contributed by atoms with van der Waals surface area (Å²) in [6.45, 7) is 8.10. The van der Waals surface area contributed by atoms with E-state index in [9.17, 15) is 0 Å². The molecular weight excluding hydrogens is 222 g/mol. The molecule has 0 spiro atoms. The Kier molecular flexibility index (Phi) is 3.88. The minimum Gasteiger partial charge on any atom is -0.467 e. The third kappa shape index (κ3) is 3.27. The van der Waals surface area contributed by atoms with E-state index in [0.29, 0.717) is 0 Å². The number of aryl methyl sites for hydroxylation is 1. The first-order valence-corrected chi connectivity index (χ1v) is 6.16. The summed E-state index contributed by atoms with van der Waals surface area (Å²) in [6.07, 6.45) is 2.57. The van der Waals surface area contributed by atoms with Crippen LogP contribution < -0.4 is 5.32 Å². The number of furan rings is 1. The van der Waals surface area contributed by atoms with E-state index in [1.807, 2.05) is 19.1 Å². The molecule has 1 heterocycles. The van der Waals surface area contributed by atoms with Crippen LogP contribution in [0.2, 0.25) is 0 Å². The van der Waals surface area contributed by atoms with Gasteiger partial charge in [-0.05, 0) is 44.5 Å². The molecule has 2 heteroatoms. The monoisotopic (exact) mass is 241 g/mol. The number of rotatable bonds is 5. The average molecular weight is 241 g/mol. The molecule has 1 aromatic carbocycles. The van der Waals surface area contributed by atoms with Crippen LogP contribution in [0.1, 0.15) is 30.7 Å². The predicted octanol–water partition coefficient (Wildman–Crippen LogP) is 4.71. The molecule has 0 amide bonds. The Balaban J connectivity index is 2.15. The Morgan fingerprint density at radius 1 is 1.28 bits per heavy atom. The van der Waals surface area contributed by atoms with Gasteiger partial charge in [0.25, 0.3) is 0 Å². The molecule has 18 heavy (non-hydrogen) atoms. The van der Waals surface area contributed by atoms with Gasteiger partial charge in [0.05, 0.1) is 12.3 Å². The molecule has 0 aliphatic heterocycles. The normalized spacial score (nSPS) is 12.1. The summed E-state index contributed by atoms with van der Waals surface area (Å²) in [5.41, 5.74) is 3.49. The van der Waals surface area contributed by atoms with E-state index in [-0.39, 0.29) is 6.04 Å². The fourth-order valence-corrected chi connectivity index (χ4v) is 1.91. The molecule has 1 atom stereocenters. The van der Waals surface area contributed by atoms with Crippen molar-refractivity contribution < 1.29 is 4.42 Å². The van der Waals surface area contributed by atoms with Crippen molar-refractivity contribution in [3.05, 3.63) is 66.1 Å². The lowest BCUT2D eigenvalue weighted by Gasteiger charge is -2.18. The lowest BCUT2D eigenvalue weighted by atomic mass is 10.1. The van der Waals surface area contributed by atoms with E-state index >= 15 is 0 Å². The van der Waals surface area contributed by atoms with Crippen LogP contribution in [0.5, 0.6) is 0 Å². The van der Waals surface area contributed by atoms with E-state index in [4.69, 9.17) is 4.42 Å². The molecule has 0 unspecified atom stereocenters. The van der Waals surface area contributed by atoms with E-state index < -0.39 is 0 Å². The second-order valence-electron chi connectivity index (χ2n) is 4.74. The molecule has 0 saturated heterocycles. The maximum Gasteiger partial charge on any atom is 0.126 e. The van der Waals surface area contributed by atoms with Gasteiger partial charge in [-0.2, -0.15) is 0 Å². The van der Waals surface area contributed by atoms with Crippen LogP contribution in [0.25, 0.3) is 0 Å². The molecule has 0 saturated carbocycles. The molecule has 94 valence electrons. The number of nitrogens with one attached hydrogen (secondary N) is 1. The summed E-state index contributed by atoms with van der Waals surface area (Å²) in [7, 11) is 0. The van der Waals surface area contributed by atoms with Crippen molar-refractivity contribution in [3.63, 3.8) is 0 Å². The average Bonchev–Trinajstić information content (AvgIpc) is 2.84. The topological polar surface area (TPSA) is 25.2 Å². The van der Waals surface area contributed by atoms with Gasteiger partial charge in [0.1, 0.15) is 5.76 Å². The van der Waals surface area contributed by atoms with Gasteiger partial charge in [-0.15, -0.1) is 6.58 Å². The lowest BCUT2D eigenvalue weighted by Crippen LogP contribution is -2.10. The van der Waals surface area contributed by atoms with Crippen LogP contribution in [-0.4, -0.2) is 0 Å². The van der Waals surface area contributed by atoms with Crippen LogP contribution in [-0.2, 0) is 0 Å². The third-order valence-corrected chi connectivity index (χ3v) is 2.83. The molecule has 1 aromatic heterocycles. The Hall–Kier alpha value is -1.96. The van der Waals surface area contributed by atoms with Crippen LogP contribution in [0.3, 0.4) is 0 Å². The molecule has 2 aromatic rings. The van der Waals surface area contributed by atoms with Crippen LogP contribution in [0.15, 0.2) is 59.2 Å². The second kappa shape index (κ2) is 5.58. The molecular formula is C16H19NO. The van der Waals surface area contributed by atoms with E-state index in [0.717, 1.165) is 23.4 Å². The molecule has 0 radical (unpaired) electrons. The van der Waals surface area contributed by atoms with Crippen molar-refractivity contribution in [2.45, 2.75) is 26.3 Å². The summed E-state index contributed by atoms with van der Waals surface area (Å²) >= 11 is 0. The molecule has 2 nitrogen and oxygen atoms in total. The molecule has 0 aliphatic carbocycles. The highest BCUT2D eigenvalue weighted by molar-refractivity contribution is 5.46. The Morgan fingerprint density at radius 2 is 2.00 bits per heavy atom. The zero-order valence-electron chi connectivity index (χ0n) is 10.9. The highest BCUT2D eigenvalue weighted by atomic mass is 16.3. The molecule has 0 bridgehead atoms. The first-order chi connectivity index (χ1) is 8.65. The van der Waals surface area contributed by atoms with Gasteiger partial charge in [-0.3, -0.25) is 0 Å². The summed E-state index contributed by atoms with van der Waals surface area (Å²) in [5, 5.41) is 3.49. The summed E-state index contributed by atoms with van der Waals surface area (Å²) < 4.78 is 5.49. The van der Waals surface area contributed by atoms with Gasteiger partial charge in [0, 0.05) is 5.69 Å². The van der Waals surface area contributed by atoms with E-state index in [2.05, 4.69) is 43.1 Å². The minimum atomic E-state index is 0.139. The van der Waals surface area contributed by atoms with Gasteiger partial charge >= 0.3 is 0 Å². The fourth-order valence-electron chi connectivity index (χ4n) is 1.91. The van der Waals surface area contributed by atoms with Crippen molar-refractivity contribution in [3.8, 4) is 0 Å². The summed E-state index contributed by atoms with van der Waals surface area (Å²) in [4.78, 5) is 0. The molecule has 0 aliphatic rings. The number of hydrogen-bond donors (Lipinski definition) is 1. The van der Waals surface area contributed by atoms with E-state index in [1.54, 1.807) is 6.26 Å².